The number of hydrogen-bond donors (Lipinski definition) is 1. The highest BCUT2D eigenvalue weighted by Crippen LogP contribution is 2.57. The lowest BCUT2D eigenvalue weighted by Gasteiger charge is -2.40. The summed E-state index contributed by atoms with van der Waals surface area (Å²) in [5.41, 5.74) is 1.18. The normalized spacial score (nSPS) is 32.1. The van der Waals surface area contributed by atoms with Crippen molar-refractivity contribution in [1.82, 2.24) is 5.32 Å². The summed E-state index contributed by atoms with van der Waals surface area (Å²) in [6.07, 6.45) is 11.4. The Labute approximate surface area is 150 Å². The number of thioether (sulfide) groups is 1. The predicted octanol–water partition coefficient (Wildman–Crippen LogP) is 4.35. The van der Waals surface area contributed by atoms with Crippen molar-refractivity contribution in [2.24, 2.45) is 22.2 Å². The molecule has 2 aliphatic heterocycles. The molecule has 0 radical (unpaired) electrons. The fraction of sp³-hybridized carbons (Fsp3) is 0.700. The van der Waals surface area contributed by atoms with Crippen LogP contribution in [-0.2, 0) is 4.79 Å². The monoisotopic (exact) mass is 346 g/mol. The molecule has 1 fully saturated rings. The maximum absolute atomic E-state index is 13.1. The second-order valence-electron chi connectivity index (χ2n) is 9.26. The van der Waals surface area contributed by atoms with Crippen LogP contribution < -0.4 is 5.32 Å². The van der Waals surface area contributed by atoms with Crippen molar-refractivity contribution in [3.8, 4) is 0 Å². The SMILES string of the molecule is CC(C)(C)CC(C)(C)NC(=O)C1CSC23CC=CC=C2N=CCC13. The van der Waals surface area contributed by atoms with Crippen LogP contribution in [0, 0.1) is 17.3 Å². The number of nitrogens with zero attached hydrogens (tertiary/aromatic N) is 1. The molecule has 1 aliphatic carbocycles. The van der Waals surface area contributed by atoms with Crippen LogP contribution in [0.3, 0.4) is 0 Å². The van der Waals surface area contributed by atoms with Crippen molar-refractivity contribution in [2.45, 2.75) is 64.2 Å². The first kappa shape index (κ1) is 17.8. The molecule has 1 N–H and O–H groups in total. The molecule has 0 aromatic rings. The lowest BCUT2D eigenvalue weighted by Crippen LogP contribution is -2.50. The second kappa shape index (κ2) is 6.05. The Bertz CT molecular complexity index is 612. The summed E-state index contributed by atoms with van der Waals surface area (Å²) in [7, 11) is 0. The first-order valence-electron chi connectivity index (χ1n) is 8.99. The van der Waals surface area contributed by atoms with Crippen LogP contribution >= 0.6 is 11.8 Å². The second-order valence-corrected chi connectivity index (χ2v) is 10.6. The van der Waals surface area contributed by atoms with E-state index in [0.29, 0.717) is 5.92 Å². The third-order valence-electron chi connectivity index (χ3n) is 5.21. The van der Waals surface area contributed by atoms with Gasteiger partial charge in [0.2, 0.25) is 5.91 Å². The Morgan fingerprint density at radius 3 is 2.83 bits per heavy atom. The Morgan fingerprint density at radius 1 is 1.38 bits per heavy atom. The van der Waals surface area contributed by atoms with E-state index < -0.39 is 0 Å². The van der Waals surface area contributed by atoms with Gasteiger partial charge in [-0.05, 0) is 50.5 Å². The van der Waals surface area contributed by atoms with Crippen molar-refractivity contribution < 1.29 is 4.79 Å². The predicted molar refractivity (Wildman–Crippen MR) is 103 cm³/mol. The zero-order chi connectivity index (χ0) is 17.6. The summed E-state index contributed by atoms with van der Waals surface area (Å²) < 4.78 is 0.0275. The van der Waals surface area contributed by atoms with Crippen molar-refractivity contribution >= 4 is 23.9 Å². The molecule has 3 aliphatic rings. The van der Waals surface area contributed by atoms with Crippen LogP contribution in [0.5, 0.6) is 0 Å². The minimum absolute atomic E-state index is 0.0275. The Balaban J connectivity index is 1.75. The molecular weight excluding hydrogens is 316 g/mol. The van der Waals surface area contributed by atoms with Gasteiger partial charge in [-0.1, -0.05) is 32.9 Å². The van der Waals surface area contributed by atoms with Gasteiger partial charge in [0, 0.05) is 17.5 Å². The highest BCUT2D eigenvalue weighted by Gasteiger charge is 2.54. The number of aliphatic imine (C=N–C) groups is 1. The van der Waals surface area contributed by atoms with Gasteiger partial charge in [-0.2, -0.15) is 0 Å². The van der Waals surface area contributed by atoms with Gasteiger partial charge in [0.05, 0.1) is 16.4 Å². The van der Waals surface area contributed by atoms with Crippen LogP contribution in [0.2, 0.25) is 0 Å². The van der Waals surface area contributed by atoms with Crippen LogP contribution in [-0.4, -0.2) is 28.2 Å². The molecule has 3 atom stereocenters. The van der Waals surface area contributed by atoms with E-state index in [1.54, 1.807) is 0 Å². The number of hydrogen-bond acceptors (Lipinski definition) is 3. The molecule has 3 rings (SSSR count). The first-order chi connectivity index (χ1) is 11.1. The molecule has 1 spiro atoms. The quantitative estimate of drug-likeness (QED) is 0.825. The molecule has 0 aromatic carbocycles. The van der Waals surface area contributed by atoms with Gasteiger partial charge in [0.25, 0.3) is 0 Å². The van der Waals surface area contributed by atoms with E-state index in [-0.39, 0.29) is 27.5 Å². The average Bonchev–Trinajstić information content (AvgIpc) is 2.81. The third kappa shape index (κ3) is 3.35. The number of carbonyl (C=O) groups is 1. The maximum atomic E-state index is 13.1. The first-order valence-corrected chi connectivity index (χ1v) is 9.97. The summed E-state index contributed by atoms with van der Waals surface area (Å²) in [4.78, 5) is 17.7. The fourth-order valence-electron chi connectivity index (χ4n) is 4.73. The highest BCUT2D eigenvalue weighted by atomic mass is 32.2. The molecule has 132 valence electrons. The molecule has 0 bridgehead atoms. The number of carbonyl (C=O) groups excluding carboxylic acids is 1. The van der Waals surface area contributed by atoms with Crippen LogP contribution in [0.1, 0.15) is 53.9 Å². The molecule has 3 nitrogen and oxygen atoms in total. The standard InChI is InChI=1S/C20H30N2OS/c1-18(2,3)13-19(4,5)22-17(23)14-12-24-20-10-7-6-8-16(20)21-11-9-15(14)20/h6-8,11,14-15H,9-10,12-13H2,1-5H3,(H,22,23). The minimum Gasteiger partial charge on any atom is -0.351 e. The minimum atomic E-state index is -0.177. The molecule has 3 unspecified atom stereocenters. The topological polar surface area (TPSA) is 41.5 Å². The van der Waals surface area contributed by atoms with Crippen molar-refractivity contribution in [3.63, 3.8) is 0 Å². The smallest absolute Gasteiger partial charge is 0.224 e. The van der Waals surface area contributed by atoms with E-state index >= 15 is 0 Å². The van der Waals surface area contributed by atoms with E-state index in [2.05, 4.69) is 63.2 Å². The van der Waals surface area contributed by atoms with E-state index in [1.807, 2.05) is 18.0 Å². The van der Waals surface area contributed by atoms with Crippen molar-refractivity contribution in [2.75, 3.05) is 5.75 Å². The molecule has 1 saturated heterocycles. The van der Waals surface area contributed by atoms with Gasteiger partial charge in [-0.3, -0.25) is 9.79 Å². The summed E-state index contributed by atoms with van der Waals surface area (Å²) in [5, 5.41) is 3.35. The number of nitrogens with one attached hydrogen (secondary N) is 1. The maximum Gasteiger partial charge on any atom is 0.224 e. The molecule has 1 amide bonds. The molecule has 24 heavy (non-hydrogen) atoms. The molecule has 0 saturated carbocycles. The number of amides is 1. The van der Waals surface area contributed by atoms with Crippen molar-refractivity contribution in [3.05, 3.63) is 23.9 Å². The summed E-state index contributed by atoms with van der Waals surface area (Å²) >= 11 is 1.94. The van der Waals surface area contributed by atoms with Crippen LogP contribution in [0.25, 0.3) is 0 Å². The largest absolute Gasteiger partial charge is 0.351 e. The van der Waals surface area contributed by atoms with Crippen LogP contribution in [0.4, 0.5) is 0 Å². The fourth-order valence-corrected chi connectivity index (χ4v) is 6.55. The number of allylic oxidation sites excluding steroid dienone is 3. The van der Waals surface area contributed by atoms with Gasteiger partial charge in [0.15, 0.2) is 0 Å². The van der Waals surface area contributed by atoms with Crippen LogP contribution in [0.15, 0.2) is 28.9 Å². The summed E-state index contributed by atoms with van der Waals surface area (Å²) in [6, 6.07) is 0. The molecular formula is C20H30N2OS. The number of rotatable bonds is 3. The molecule has 4 heteroatoms. The Hall–Kier alpha value is -1.03. The lowest BCUT2D eigenvalue weighted by atomic mass is 9.73. The summed E-state index contributed by atoms with van der Waals surface area (Å²) in [6.45, 7) is 11.0. The van der Waals surface area contributed by atoms with Gasteiger partial charge in [0.1, 0.15) is 0 Å². The van der Waals surface area contributed by atoms with Crippen molar-refractivity contribution in [1.29, 1.82) is 0 Å². The van der Waals surface area contributed by atoms with E-state index in [1.165, 1.54) is 0 Å². The lowest BCUT2D eigenvalue weighted by molar-refractivity contribution is -0.127. The van der Waals surface area contributed by atoms with Gasteiger partial charge in [-0.25, -0.2) is 0 Å². The average molecular weight is 347 g/mol. The van der Waals surface area contributed by atoms with E-state index in [9.17, 15) is 4.79 Å². The summed E-state index contributed by atoms with van der Waals surface area (Å²) in [5.74, 6) is 1.57. The van der Waals surface area contributed by atoms with Gasteiger partial charge < -0.3 is 5.32 Å². The zero-order valence-electron chi connectivity index (χ0n) is 15.6. The molecule has 0 aromatic heterocycles. The van der Waals surface area contributed by atoms with E-state index in [0.717, 1.165) is 30.7 Å². The van der Waals surface area contributed by atoms with Gasteiger partial charge >= 0.3 is 0 Å². The van der Waals surface area contributed by atoms with E-state index in [4.69, 9.17) is 0 Å². The highest BCUT2D eigenvalue weighted by molar-refractivity contribution is 8.01. The zero-order valence-corrected chi connectivity index (χ0v) is 16.4. The van der Waals surface area contributed by atoms with Gasteiger partial charge in [-0.15, -0.1) is 11.8 Å². The third-order valence-corrected chi connectivity index (χ3v) is 6.93. The molecule has 2 heterocycles. The Kier molecular flexibility index (Phi) is 4.48. The Morgan fingerprint density at radius 2 is 2.12 bits per heavy atom.